The first kappa shape index (κ1) is 17.5. The second kappa shape index (κ2) is 8.66. The summed E-state index contributed by atoms with van der Waals surface area (Å²) < 4.78 is 12.9. The highest BCUT2D eigenvalue weighted by Gasteiger charge is 2.08. The van der Waals surface area contributed by atoms with Crippen LogP contribution in [0.2, 0.25) is 0 Å². The molecule has 0 bridgehead atoms. The monoisotopic (exact) mass is 351 g/mol. The van der Waals surface area contributed by atoms with Gasteiger partial charge < -0.3 is 10.6 Å². The summed E-state index contributed by atoms with van der Waals surface area (Å²) in [5, 5.41) is 5.94. The van der Waals surface area contributed by atoms with E-state index < -0.39 is 0 Å². The van der Waals surface area contributed by atoms with Gasteiger partial charge in [0.05, 0.1) is 0 Å². The zero-order valence-corrected chi connectivity index (χ0v) is 14.0. The smallest absolute Gasteiger partial charge is 0.270 e. The lowest BCUT2D eigenvalue weighted by Gasteiger charge is -2.08. The second-order valence-corrected chi connectivity index (χ2v) is 5.64. The number of carbonyl (C=O) groups excluding carboxylic acids is 1. The molecule has 7 heteroatoms. The minimum absolute atomic E-state index is 0.251. The van der Waals surface area contributed by atoms with Crippen LogP contribution in [0.4, 0.5) is 10.2 Å². The number of anilines is 1. The molecule has 0 aliphatic rings. The number of pyridine rings is 1. The average Bonchev–Trinajstić information content (AvgIpc) is 2.69. The Morgan fingerprint density at radius 3 is 2.69 bits per heavy atom. The molecule has 0 unspecified atom stereocenters. The summed E-state index contributed by atoms with van der Waals surface area (Å²) in [6.45, 7) is 0.989. The second-order valence-electron chi connectivity index (χ2n) is 5.64. The lowest BCUT2D eigenvalue weighted by Crippen LogP contribution is -2.24. The lowest BCUT2D eigenvalue weighted by atomic mass is 10.1. The van der Waals surface area contributed by atoms with E-state index in [1.165, 1.54) is 18.5 Å². The van der Waals surface area contributed by atoms with Crippen LogP contribution in [-0.2, 0) is 13.0 Å². The van der Waals surface area contributed by atoms with Crippen LogP contribution >= 0.6 is 0 Å². The van der Waals surface area contributed by atoms with Crippen LogP contribution in [0.3, 0.4) is 0 Å². The van der Waals surface area contributed by atoms with E-state index in [1.54, 1.807) is 30.6 Å². The Hall–Kier alpha value is -3.35. The van der Waals surface area contributed by atoms with E-state index in [9.17, 15) is 9.18 Å². The fourth-order valence-corrected chi connectivity index (χ4v) is 2.34. The van der Waals surface area contributed by atoms with Gasteiger partial charge in [0.1, 0.15) is 23.7 Å². The van der Waals surface area contributed by atoms with E-state index in [0.717, 1.165) is 11.1 Å². The van der Waals surface area contributed by atoms with Crippen molar-refractivity contribution in [2.45, 2.75) is 13.0 Å². The van der Waals surface area contributed by atoms with Crippen LogP contribution in [0, 0.1) is 5.82 Å². The van der Waals surface area contributed by atoms with E-state index in [2.05, 4.69) is 25.6 Å². The van der Waals surface area contributed by atoms with Crippen LogP contribution in [0.1, 0.15) is 21.6 Å². The van der Waals surface area contributed by atoms with Crippen LogP contribution in [-0.4, -0.2) is 27.4 Å². The van der Waals surface area contributed by atoms with Gasteiger partial charge in [-0.25, -0.2) is 14.4 Å². The van der Waals surface area contributed by atoms with Gasteiger partial charge in [-0.2, -0.15) is 0 Å². The molecule has 1 aromatic carbocycles. The first-order valence-corrected chi connectivity index (χ1v) is 8.18. The minimum Gasteiger partial charge on any atom is -0.370 e. The van der Waals surface area contributed by atoms with Gasteiger partial charge in [-0.1, -0.05) is 18.2 Å². The molecule has 0 fully saturated rings. The summed E-state index contributed by atoms with van der Waals surface area (Å²) in [6.07, 6.45) is 5.44. The molecule has 2 N–H and O–H groups in total. The number of halogens is 1. The summed E-state index contributed by atoms with van der Waals surface area (Å²) in [5.41, 5.74) is 2.21. The third-order valence-corrected chi connectivity index (χ3v) is 3.71. The number of nitrogens with zero attached hydrogens (tertiary/aromatic N) is 3. The van der Waals surface area contributed by atoms with Crippen molar-refractivity contribution in [1.82, 2.24) is 20.3 Å². The van der Waals surface area contributed by atoms with Gasteiger partial charge in [-0.3, -0.25) is 9.78 Å². The number of aromatic nitrogens is 3. The van der Waals surface area contributed by atoms with Crippen LogP contribution in [0.25, 0.3) is 0 Å². The maximum atomic E-state index is 12.9. The zero-order chi connectivity index (χ0) is 18.2. The quantitative estimate of drug-likeness (QED) is 0.684. The molecule has 0 saturated heterocycles. The Balaban J connectivity index is 1.52. The molecule has 2 heterocycles. The Morgan fingerprint density at radius 2 is 1.92 bits per heavy atom. The van der Waals surface area contributed by atoms with E-state index in [4.69, 9.17) is 0 Å². The van der Waals surface area contributed by atoms with Gasteiger partial charge in [-0.15, -0.1) is 0 Å². The molecule has 132 valence electrons. The molecular weight excluding hydrogens is 333 g/mol. The van der Waals surface area contributed by atoms with Crippen molar-refractivity contribution in [2.75, 3.05) is 11.9 Å². The molecule has 1 amide bonds. The van der Waals surface area contributed by atoms with E-state index in [-0.39, 0.29) is 17.4 Å². The summed E-state index contributed by atoms with van der Waals surface area (Å²) in [5.74, 6) is 0.0333. The number of nitrogens with one attached hydrogen (secondary N) is 2. The van der Waals surface area contributed by atoms with Crippen molar-refractivity contribution in [3.05, 3.63) is 83.8 Å². The largest absolute Gasteiger partial charge is 0.370 e. The molecule has 3 aromatic rings. The first-order valence-electron chi connectivity index (χ1n) is 8.18. The Morgan fingerprint density at radius 1 is 1.08 bits per heavy atom. The van der Waals surface area contributed by atoms with Gasteiger partial charge >= 0.3 is 0 Å². The van der Waals surface area contributed by atoms with Gasteiger partial charge in [0.25, 0.3) is 5.91 Å². The standard InChI is InChI=1S/C19H18FN5O/c20-16-5-3-14(4-6-16)7-9-22-18-10-17(24-13-25-18)19(26)23-12-15-2-1-8-21-11-15/h1-6,8,10-11,13H,7,9,12H2,(H,23,26)(H,22,24,25). The van der Waals surface area contributed by atoms with Crippen LogP contribution < -0.4 is 10.6 Å². The van der Waals surface area contributed by atoms with Crippen LogP contribution in [0.5, 0.6) is 0 Å². The van der Waals surface area contributed by atoms with Gasteiger partial charge in [0.2, 0.25) is 0 Å². The minimum atomic E-state index is -0.280. The summed E-state index contributed by atoms with van der Waals surface area (Å²) >= 11 is 0. The fraction of sp³-hybridized carbons (Fsp3) is 0.158. The Bertz CT molecular complexity index is 855. The van der Waals surface area contributed by atoms with Gasteiger partial charge in [0.15, 0.2) is 0 Å². The normalized spacial score (nSPS) is 10.3. The number of carbonyl (C=O) groups is 1. The third kappa shape index (κ3) is 5.07. The molecule has 0 saturated carbocycles. The lowest BCUT2D eigenvalue weighted by molar-refractivity contribution is 0.0945. The third-order valence-electron chi connectivity index (χ3n) is 3.71. The number of hydrogen-bond donors (Lipinski definition) is 2. The van der Waals surface area contributed by atoms with Crippen molar-refractivity contribution >= 4 is 11.7 Å². The van der Waals surface area contributed by atoms with E-state index in [1.807, 2.05) is 12.1 Å². The number of amides is 1. The predicted octanol–water partition coefficient (Wildman–Crippen LogP) is 2.60. The topological polar surface area (TPSA) is 79.8 Å². The fourth-order valence-electron chi connectivity index (χ4n) is 2.34. The number of hydrogen-bond acceptors (Lipinski definition) is 5. The van der Waals surface area contributed by atoms with Crippen molar-refractivity contribution in [3.63, 3.8) is 0 Å². The number of benzene rings is 1. The van der Waals surface area contributed by atoms with Crippen molar-refractivity contribution in [3.8, 4) is 0 Å². The van der Waals surface area contributed by atoms with E-state index >= 15 is 0 Å². The highest BCUT2D eigenvalue weighted by Crippen LogP contribution is 2.07. The van der Waals surface area contributed by atoms with Gasteiger partial charge in [0, 0.05) is 31.5 Å². The highest BCUT2D eigenvalue weighted by molar-refractivity contribution is 5.92. The summed E-state index contributed by atoms with van der Waals surface area (Å²) in [4.78, 5) is 24.3. The first-order chi connectivity index (χ1) is 12.7. The zero-order valence-electron chi connectivity index (χ0n) is 14.0. The summed E-state index contributed by atoms with van der Waals surface area (Å²) in [6, 6.07) is 11.7. The highest BCUT2D eigenvalue weighted by atomic mass is 19.1. The molecule has 0 radical (unpaired) electrons. The SMILES string of the molecule is O=C(NCc1cccnc1)c1cc(NCCc2ccc(F)cc2)ncn1. The summed E-state index contributed by atoms with van der Waals surface area (Å²) in [7, 11) is 0. The Labute approximate surface area is 150 Å². The van der Waals surface area contributed by atoms with Gasteiger partial charge in [-0.05, 0) is 35.7 Å². The molecule has 0 atom stereocenters. The molecule has 26 heavy (non-hydrogen) atoms. The predicted molar refractivity (Wildman–Crippen MR) is 96.0 cm³/mol. The molecule has 0 spiro atoms. The molecule has 2 aromatic heterocycles. The maximum absolute atomic E-state index is 12.9. The van der Waals surface area contributed by atoms with Crippen molar-refractivity contribution < 1.29 is 9.18 Å². The van der Waals surface area contributed by atoms with E-state index in [0.29, 0.717) is 25.3 Å². The maximum Gasteiger partial charge on any atom is 0.270 e. The van der Waals surface area contributed by atoms with Crippen molar-refractivity contribution in [1.29, 1.82) is 0 Å². The molecule has 3 rings (SSSR count). The Kier molecular flexibility index (Phi) is 5.82. The average molecular weight is 351 g/mol. The molecular formula is C19H18FN5O. The van der Waals surface area contributed by atoms with Crippen LogP contribution in [0.15, 0.2) is 61.2 Å². The van der Waals surface area contributed by atoms with Crippen molar-refractivity contribution in [2.24, 2.45) is 0 Å². The molecule has 6 nitrogen and oxygen atoms in total. The number of rotatable bonds is 7. The molecule has 0 aliphatic heterocycles. The molecule has 0 aliphatic carbocycles.